The van der Waals surface area contributed by atoms with Crippen LogP contribution in [0.15, 0.2) is 53.4 Å². The minimum absolute atomic E-state index is 0.144. The zero-order valence-corrected chi connectivity index (χ0v) is 13.6. The van der Waals surface area contributed by atoms with Crippen LogP contribution in [0, 0.1) is 0 Å². The normalized spacial score (nSPS) is 11.0. The number of amides is 1. The summed E-state index contributed by atoms with van der Waals surface area (Å²) in [6.45, 7) is 0. The largest absolute Gasteiger partial charge is 0.345 e. The Hall–Kier alpha value is -2.05. The average Bonchev–Trinajstić information content (AvgIpc) is 2.49. The van der Waals surface area contributed by atoms with E-state index in [0.29, 0.717) is 0 Å². The van der Waals surface area contributed by atoms with E-state index in [1.165, 1.54) is 35.2 Å². The number of anilines is 1. The monoisotopic (exact) mass is 338 g/mol. The summed E-state index contributed by atoms with van der Waals surface area (Å²) in [7, 11) is -0.513. The summed E-state index contributed by atoms with van der Waals surface area (Å²) in [6.07, 6.45) is 0. The topological polar surface area (TPSA) is 66.5 Å². The van der Waals surface area contributed by atoms with Crippen molar-refractivity contribution >= 4 is 33.2 Å². The van der Waals surface area contributed by atoms with Crippen molar-refractivity contribution in [2.45, 2.75) is 4.90 Å². The predicted molar refractivity (Wildman–Crippen MR) is 86.7 cm³/mol. The highest BCUT2D eigenvalue weighted by Gasteiger charge is 2.17. The van der Waals surface area contributed by atoms with Gasteiger partial charge in [-0.15, -0.1) is 0 Å². The Kier molecular flexibility index (Phi) is 4.73. The number of nitrogens with one attached hydrogen (secondary N) is 1. The number of nitrogens with zero attached hydrogens (tertiary/aromatic N) is 1. The lowest BCUT2D eigenvalue weighted by molar-refractivity contribution is 0.0828. The molecule has 0 saturated heterocycles. The molecule has 1 amide bonds. The van der Waals surface area contributed by atoms with E-state index in [-0.39, 0.29) is 27.1 Å². The first-order chi connectivity index (χ1) is 10.3. The highest BCUT2D eigenvalue weighted by Crippen LogP contribution is 2.23. The molecule has 22 heavy (non-hydrogen) atoms. The summed E-state index contributed by atoms with van der Waals surface area (Å²) in [5.74, 6) is -0.300. The molecule has 1 N–H and O–H groups in total. The van der Waals surface area contributed by atoms with Gasteiger partial charge in [-0.05, 0) is 30.3 Å². The van der Waals surface area contributed by atoms with Crippen LogP contribution < -0.4 is 4.72 Å². The third-order valence-corrected chi connectivity index (χ3v) is 4.64. The summed E-state index contributed by atoms with van der Waals surface area (Å²) in [5, 5.41) is 0.265. The van der Waals surface area contributed by atoms with Gasteiger partial charge in [-0.25, -0.2) is 8.42 Å². The number of rotatable bonds is 4. The van der Waals surface area contributed by atoms with Gasteiger partial charge in [0.15, 0.2) is 0 Å². The zero-order valence-electron chi connectivity index (χ0n) is 12.1. The van der Waals surface area contributed by atoms with E-state index in [9.17, 15) is 13.2 Å². The van der Waals surface area contributed by atoms with Crippen LogP contribution in [0.3, 0.4) is 0 Å². The Balaban J connectivity index is 2.35. The van der Waals surface area contributed by atoms with Crippen LogP contribution >= 0.6 is 11.6 Å². The molecule has 0 bridgehead atoms. The van der Waals surface area contributed by atoms with Crippen LogP contribution in [-0.4, -0.2) is 33.3 Å². The molecule has 0 fully saturated rings. The predicted octanol–water partition coefficient (Wildman–Crippen LogP) is 2.84. The quantitative estimate of drug-likeness (QED) is 0.932. The molecule has 0 radical (unpaired) electrons. The molecule has 2 aromatic carbocycles. The third kappa shape index (κ3) is 3.58. The highest BCUT2D eigenvalue weighted by atomic mass is 35.5. The van der Waals surface area contributed by atoms with Crippen LogP contribution in [0.1, 0.15) is 10.4 Å². The number of carbonyl (C=O) groups excluding carboxylic acids is 1. The summed E-state index contributed by atoms with van der Waals surface area (Å²) in [5.41, 5.74) is 0.512. The van der Waals surface area contributed by atoms with Crippen molar-refractivity contribution in [3.63, 3.8) is 0 Å². The van der Waals surface area contributed by atoms with E-state index in [4.69, 9.17) is 11.6 Å². The number of hydrogen-bond donors (Lipinski definition) is 1. The minimum Gasteiger partial charge on any atom is -0.345 e. The number of sulfonamides is 1. The second kappa shape index (κ2) is 6.37. The fraction of sp³-hybridized carbons (Fsp3) is 0.133. The Morgan fingerprint density at radius 1 is 1.09 bits per heavy atom. The highest BCUT2D eigenvalue weighted by molar-refractivity contribution is 7.92. The first kappa shape index (κ1) is 16.3. The molecule has 0 aliphatic rings. The van der Waals surface area contributed by atoms with Gasteiger partial charge in [0.2, 0.25) is 0 Å². The first-order valence-corrected chi connectivity index (χ1v) is 8.26. The van der Waals surface area contributed by atoms with E-state index in [0.717, 1.165) is 0 Å². The molecule has 0 heterocycles. The molecule has 0 saturated carbocycles. The molecule has 0 unspecified atom stereocenters. The van der Waals surface area contributed by atoms with E-state index < -0.39 is 10.0 Å². The van der Waals surface area contributed by atoms with Gasteiger partial charge in [0.25, 0.3) is 15.9 Å². The minimum atomic E-state index is -3.71. The molecule has 116 valence electrons. The van der Waals surface area contributed by atoms with Crippen molar-refractivity contribution in [1.29, 1.82) is 0 Å². The molecule has 2 rings (SSSR count). The average molecular weight is 339 g/mol. The summed E-state index contributed by atoms with van der Waals surface area (Å²) < 4.78 is 27.0. The lowest BCUT2D eigenvalue weighted by Crippen LogP contribution is -2.22. The zero-order chi connectivity index (χ0) is 16.3. The summed E-state index contributed by atoms with van der Waals surface area (Å²) in [6, 6.07) is 12.4. The van der Waals surface area contributed by atoms with Crippen molar-refractivity contribution in [3.8, 4) is 0 Å². The van der Waals surface area contributed by atoms with Crippen LogP contribution in [0.5, 0.6) is 0 Å². The fourth-order valence-corrected chi connectivity index (χ4v) is 3.08. The van der Waals surface area contributed by atoms with Crippen molar-refractivity contribution in [1.82, 2.24) is 4.90 Å². The number of halogens is 1. The molecule has 5 nitrogen and oxygen atoms in total. The fourth-order valence-electron chi connectivity index (χ4n) is 1.81. The maximum atomic E-state index is 12.3. The first-order valence-electron chi connectivity index (χ1n) is 6.40. The molecule has 0 aliphatic carbocycles. The van der Waals surface area contributed by atoms with E-state index in [1.807, 2.05) is 0 Å². The number of hydrogen-bond acceptors (Lipinski definition) is 3. The van der Waals surface area contributed by atoms with Crippen LogP contribution in [0.2, 0.25) is 5.02 Å². The smallest absolute Gasteiger partial charge is 0.261 e. The Morgan fingerprint density at radius 3 is 2.32 bits per heavy atom. The van der Waals surface area contributed by atoms with Crippen LogP contribution in [-0.2, 0) is 10.0 Å². The van der Waals surface area contributed by atoms with Gasteiger partial charge in [0.05, 0.1) is 15.5 Å². The maximum Gasteiger partial charge on any atom is 0.261 e. The van der Waals surface area contributed by atoms with Crippen molar-refractivity contribution < 1.29 is 13.2 Å². The van der Waals surface area contributed by atoms with Crippen molar-refractivity contribution in [3.05, 3.63) is 59.1 Å². The van der Waals surface area contributed by atoms with E-state index in [2.05, 4.69) is 4.72 Å². The number of benzene rings is 2. The summed E-state index contributed by atoms with van der Waals surface area (Å²) >= 11 is 6.00. The van der Waals surface area contributed by atoms with Gasteiger partial charge in [0, 0.05) is 19.8 Å². The number of carbonyl (C=O) groups is 1. The molecule has 2 aromatic rings. The standard InChI is InChI=1S/C15H15ClN2O3S/c1-18(2)15(19)13-10-11(8-9-14(13)16)17-22(20,21)12-6-4-3-5-7-12/h3-10,17H,1-2H3. The van der Waals surface area contributed by atoms with Crippen molar-refractivity contribution in [2.75, 3.05) is 18.8 Å². The molecule has 0 aliphatic heterocycles. The van der Waals surface area contributed by atoms with Crippen LogP contribution in [0.4, 0.5) is 5.69 Å². The summed E-state index contributed by atoms with van der Waals surface area (Å²) in [4.78, 5) is 13.5. The van der Waals surface area contributed by atoms with Crippen molar-refractivity contribution in [2.24, 2.45) is 0 Å². The molecule has 0 atom stereocenters. The van der Waals surface area contributed by atoms with Gasteiger partial charge < -0.3 is 4.90 Å². The van der Waals surface area contributed by atoms with Gasteiger partial charge in [-0.1, -0.05) is 29.8 Å². The lowest BCUT2D eigenvalue weighted by atomic mass is 10.2. The third-order valence-electron chi connectivity index (χ3n) is 2.91. The second-order valence-corrected chi connectivity index (χ2v) is 6.90. The second-order valence-electron chi connectivity index (χ2n) is 4.81. The Bertz CT molecular complexity index is 790. The van der Waals surface area contributed by atoms with Gasteiger partial charge in [0.1, 0.15) is 0 Å². The van der Waals surface area contributed by atoms with Gasteiger partial charge in [-0.2, -0.15) is 0 Å². The van der Waals surface area contributed by atoms with E-state index in [1.54, 1.807) is 32.3 Å². The lowest BCUT2D eigenvalue weighted by Gasteiger charge is -2.14. The van der Waals surface area contributed by atoms with Gasteiger partial charge >= 0.3 is 0 Å². The molecular weight excluding hydrogens is 324 g/mol. The van der Waals surface area contributed by atoms with Gasteiger partial charge in [-0.3, -0.25) is 9.52 Å². The molecular formula is C15H15ClN2O3S. The Labute approximate surface area is 134 Å². The maximum absolute atomic E-state index is 12.3. The Morgan fingerprint density at radius 2 is 1.73 bits per heavy atom. The molecule has 7 heteroatoms. The van der Waals surface area contributed by atoms with Crippen LogP contribution in [0.25, 0.3) is 0 Å². The molecule has 0 aromatic heterocycles. The SMILES string of the molecule is CN(C)C(=O)c1cc(NS(=O)(=O)c2ccccc2)ccc1Cl. The van der Waals surface area contributed by atoms with E-state index >= 15 is 0 Å². The molecule has 0 spiro atoms.